The Morgan fingerprint density at radius 2 is 2.32 bits per heavy atom. The van der Waals surface area contributed by atoms with Gasteiger partial charge >= 0.3 is 5.97 Å². The van der Waals surface area contributed by atoms with Gasteiger partial charge < -0.3 is 19.9 Å². The van der Waals surface area contributed by atoms with Crippen LogP contribution < -0.4 is 5.32 Å². The number of esters is 1. The third-order valence-electron chi connectivity index (χ3n) is 5.51. The number of carbonyl (C=O) groups excluding carboxylic acids is 2. The van der Waals surface area contributed by atoms with E-state index < -0.39 is 11.4 Å². The van der Waals surface area contributed by atoms with E-state index in [0.717, 1.165) is 18.2 Å². The smallest absolute Gasteiger partial charge is 0.341 e. The van der Waals surface area contributed by atoms with Crippen molar-refractivity contribution in [1.29, 1.82) is 5.26 Å². The zero-order valence-corrected chi connectivity index (χ0v) is 15.8. The minimum absolute atomic E-state index is 0.0131. The topological polar surface area (TPSA) is 111 Å². The Kier molecular flexibility index (Phi) is 4.67. The minimum Gasteiger partial charge on any atom is -0.462 e. The SMILES string of the molecule is CCOC(=O)c1cnc2[nH]ccc2c1N[C@@H]1CCCN(C(=O)C2(C#N)CC2)C1. The van der Waals surface area contributed by atoms with Crippen LogP contribution in [0.1, 0.15) is 43.0 Å². The van der Waals surface area contributed by atoms with Gasteiger partial charge in [0.05, 0.1) is 18.4 Å². The first-order valence-corrected chi connectivity index (χ1v) is 9.68. The van der Waals surface area contributed by atoms with Gasteiger partial charge in [-0.05, 0) is 38.7 Å². The predicted octanol–water partition coefficient (Wildman–Crippen LogP) is 2.45. The largest absolute Gasteiger partial charge is 0.462 e. The number of pyridine rings is 1. The summed E-state index contributed by atoms with van der Waals surface area (Å²) in [5.74, 6) is -0.487. The molecule has 1 amide bonds. The molecule has 8 heteroatoms. The van der Waals surface area contributed by atoms with Crippen LogP contribution in [0.4, 0.5) is 5.69 Å². The number of aromatic amines is 1. The Morgan fingerprint density at radius 3 is 3.04 bits per heavy atom. The standard InChI is InChI=1S/C20H23N5O3/c1-2-28-18(26)15-10-23-17-14(5-8-22-17)16(15)24-13-4-3-9-25(11-13)19(27)20(12-21)6-7-20/h5,8,10,13H,2-4,6-7,9,11H2,1H3,(H2,22,23,24)/t13-/m1/s1. The summed E-state index contributed by atoms with van der Waals surface area (Å²) in [6, 6.07) is 4.04. The van der Waals surface area contributed by atoms with E-state index in [1.165, 1.54) is 6.20 Å². The Balaban J connectivity index is 1.58. The van der Waals surface area contributed by atoms with Crippen LogP contribution in [0.25, 0.3) is 11.0 Å². The van der Waals surface area contributed by atoms with Crippen LogP contribution in [0.2, 0.25) is 0 Å². The van der Waals surface area contributed by atoms with Crippen molar-refractivity contribution in [2.75, 3.05) is 25.0 Å². The molecule has 1 saturated heterocycles. The fourth-order valence-corrected chi connectivity index (χ4v) is 3.81. The molecule has 2 fully saturated rings. The maximum absolute atomic E-state index is 12.7. The number of ether oxygens (including phenoxy) is 1. The summed E-state index contributed by atoms with van der Waals surface area (Å²) < 4.78 is 5.18. The van der Waals surface area contributed by atoms with E-state index in [9.17, 15) is 14.9 Å². The molecule has 28 heavy (non-hydrogen) atoms. The van der Waals surface area contributed by atoms with Crippen LogP contribution in [0, 0.1) is 16.7 Å². The highest BCUT2D eigenvalue weighted by Crippen LogP contribution is 2.46. The van der Waals surface area contributed by atoms with Crippen LogP contribution in [0.3, 0.4) is 0 Å². The van der Waals surface area contributed by atoms with Crippen LogP contribution in [0.15, 0.2) is 18.5 Å². The molecule has 0 aromatic carbocycles. The molecule has 0 bridgehead atoms. The van der Waals surface area contributed by atoms with Gasteiger partial charge in [0.1, 0.15) is 16.6 Å². The number of anilines is 1. The van der Waals surface area contributed by atoms with Gasteiger partial charge in [0, 0.05) is 36.9 Å². The first-order valence-electron chi connectivity index (χ1n) is 9.68. The first-order chi connectivity index (χ1) is 13.6. The monoisotopic (exact) mass is 381 g/mol. The summed E-state index contributed by atoms with van der Waals surface area (Å²) in [5.41, 5.74) is 0.932. The van der Waals surface area contributed by atoms with E-state index in [4.69, 9.17) is 4.74 Å². The van der Waals surface area contributed by atoms with Crippen LogP contribution >= 0.6 is 0 Å². The Labute approximate surface area is 162 Å². The number of carbonyl (C=O) groups is 2. The van der Waals surface area contributed by atoms with E-state index >= 15 is 0 Å². The third kappa shape index (κ3) is 3.17. The Hall–Kier alpha value is -3.08. The van der Waals surface area contributed by atoms with Gasteiger partial charge in [0.15, 0.2) is 0 Å². The van der Waals surface area contributed by atoms with Crippen molar-refractivity contribution in [3.8, 4) is 6.07 Å². The lowest BCUT2D eigenvalue weighted by Crippen LogP contribution is -2.47. The second-order valence-corrected chi connectivity index (χ2v) is 7.44. The lowest BCUT2D eigenvalue weighted by Gasteiger charge is -2.35. The second kappa shape index (κ2) is 7.15. The minimum atomic E-state index is -0.803. The molecule has 0 spiro atoms. The van der Waals surface area contributed by atoms with Crippen LogP contribution in [-0.4, -0.2) is 52.5 Å². The number of aromatic nitrogens is 2. The normalized spacial score (nSPS) is 20.4. The molecule has 4 rings (SSSR count). The highest BCUT2D eigenvalue weighted by atomic mass is 16.5. The number of nitrogens with zero attached hydrogens (tertiary/aromatic N) is 3. The van der Waals surface area contributed by atoms with Gasteiger partial charge in [-0.1, -0.05) is 0 Å². The maximum atomic E-state index is 12.7. The summed E-state index contributed by atoms with van der Waals surface area (Å²) in [6.45, 7) is 3.23. The van der Waals surface area contributed by atoms with E-state index in [-0.39, 0.29) is 18.6 Å². The summed E-state index contributed by atoms with van der Waals surface area (Å²) in [6.07, 6.45) is 6.31. The van der Waals surface area contributed by atoms with Gasteiger partial charge in [-0.25, -0.2) is 9.78 Å². The van der Waals surface area contributed by atoms with Crippen LogP contribution in [0.5, 0.6) is 0 Å². The molecule has 1 aliphatic heterocycles. The summed E-state index contributed by atoms with van der Waals surface area (Å²) in [4.78, 5) is 34.3. The number of nitriles is 1. The molecule has 2 aliphatic rings. The summed E-state index contributed by atoms with van der Waals surface area (Å²) in [5, 5.41) is 13.6. The van der Waals surface area contributed by atoms with E-state index in [0.29, 0.717) is 42.8 Å². The van der Waals surface area contributed by atoms with Crippen molar-refractivity contribution in [1.82, 2.24) is 14.9 Å². The van der Waals surface area contributed by atoms with Gasteiger partial charge in [-0.2, -0.15) is 5.26 Å². The number of hydrogen-bond donors (Lipinski definition) is 2. The Morgan fingerprint density at radius 1 is 1.50 bits per heavy atom. The third-order valence-corrected chi connectivity index (χ3v) is 5.51. The fourth-order valence-electron chi connectivity index (χ4n) is 3.81. The molecule has 1 saturated carbocycles. The van der Waals surface area contributed by atoms with Crippen molar-refractivity contribution in [3.05, 3.63) is 24.0 Å². The predicted molar refractivity (Wildman–Crippen MR) is 103 cm³/mol. The maximum Gasteiger partial charge on any atom is 0.341 e. The molecule has 3 heterocycles. The molecule has 0 unspecified atom stereocenters. The summed E-state index contributed by atoms with van der Waals surface area (Å²) in [7, 11) is 0. The van der Waals surface area contributed by atoms with E-state index in [1.807, 2.05) is 6.07 Å². The van der Waals surface area contributed by atoms with Crippen molar-refractivity contribution in [2.24, 2.45) is 5.41 Å². The number of nitrogens with one attached hydrogen (secondary N) is 2. The lowest BCUT2D eigenvalue weighted by molar-refractivity contribution is -0.136. The Bertz CT molecular complexity index is 956. The number of amides is 1. The van der Waals surface area contributed by atoms with Crippen LogP contribution in [-0.2, 0) is 9.53 Å². The molecular formula is C20H23N5O3. The highest BCUT2D eigenvalue weighted by molar-refractivity contribution is 6.04. The molecule has 2 N–H and O–H groups in total. The number of rotatable bonds is 5. The zero-order chi connectivity index (χ0) is 19.7. The van der Waals surface area contributed by atoms with E-state index in [2.05, 4.69) is 21.4 Å². The van der Waals surface area contributed by atoms with Crippen molar-refractivity contribution in [3.63, 3.8) is 0 Å². The van der Waals surface area contributed by atoms with Gasteiger partial charge in [0.25, 0.3) is 0 Å². The first kappa shape index (κ1) is 18.3. The average Bonchev–Trinajstić information content (AvgIpc) is 3.36. The van der Waals surface area contributed by atoms with Crippen molar-refractivity contribution in [2.45, 2.75) is 38.6 Å². The number of fused-ring (bicyclic) bond motifs is 1. The highest BCUT2D eigenvalue weighted by Gasteiger charge is 2.53. The summed E-state index contributed by atoms with van der Waals surface area (Å²) >= 11 is 0. The second-order valence-electron chi connectivity index (χ2n) is 7.44. The molecule has 2 aromatic rings. The number of hydrogen-bond acceptors (Lipinski definition) is 6. The molecule has 0 radical (unpaired) electrons. The van der Waals surface area contributed by atoms with Crippen molar-refractivity contribution < 1.29 is 14.3 Å². The van der Waals surface area contributed by atoms with Gasteiger partial charge in [0.2, 0.25) is 5.91 Å². The molecule has 146 valence electrons. The molecule has 1 aliphatic carbocycles. The zero-order valence-electron chi connectivity index (χ0n) is 15.8. The number of likely N-dealkylation sites (tertiary alicyclic amines) is 1. The number of piperidine rings is 1. The van der Waals surface area contributed by atoms with Gasteiger partial charge in [-0.3, -0.25) is 4.79 Å². The van der Waals surface area contributed by atoms with Crippen molar-refractivity contribution >= 4 is 28.6 Å². The molecular weight excluding hydrogens is 358 g/mol. The average molecular weight is 381 g/mol. The molecule has 2 aromatic heterocycles. The molecule has 1 atom stereocenters. The molecule has 8 nitrogen and oxygen atoms in total. The quantitative estimate of drug-likeness (QED) is 0.770. The number of H-pyrrole nitrogens is 1. The van der Waals surface area contributed by atoms with E-state index in [1.54, 1.807) is 18.0 Å². The van der Waals surface area contributed by atoms with Gasteiger partial charge in [-0.15, -0.1) is 0 Å². The lowest BCUT2D eigenvalue weighted by atomic mass is 10.0. The fraction of sp³-hybridized carbons (Fsp3) is 0.500.